The third kappa shape index (κ3) is 3.84. The van der Waals surface area contributed by atoms with Gasteiger partial charge in [0.2, 0.25) is 0 Å². The van der Waals surface area contributed by atoms with Crippen LogP contribution in [0.3, 0.4) is 0 Å². The molecule has 1 fully saturated rings. The molecule has 0 radical (unpaired) electrons. The van der Waals surface area contributed by atoms with E-state index in [0.717, 1.165) is 29.1 Å². The molecule has 24 heavy (non-hydrogen) atoms. The minimum atomic E-state index is -0.189. The van der Waals surface area contributed by atoms with Gasteiger partial charge >= 0.3 is 6.03 Å². The Hall–Kier alpha value is -2.15. The summed E-state index contributed by atoms with van der Waals surface area (Å²) in [5.74, 6) is 1.16. The van der Waals surface area contributed by atoms with Crippen LogP contribution < -0.4 is 15.4 Å². The molecular formula is C17H22N4O2S. The van der Waals surface area contributed by atoms with Crippen LogP contribution in [0.4, 0.5) is 4.79 Å². The fourth-order valence-corrected chi connectivity index (χ4v) is 3.64. The molecule has 1 aliphatic carbocycles. The largest absolute Gasteiger partial charge is 0.495 e. The summed E-state index contributed by atoms with van der Waals surface area (Å²) in [7, 11) is 1.60. The molecule has 0 saturated heterocycles. The summed E-state index contributed by atoms with van der Waals surface area (Å²) in [4.78, 5) is 21.0. The van der Waals surface area contributed by atoms with E-state index < -0.39 is 0 Å². The number of nitrogens with zero attached hydrogens (tertiary/aromatic N) is 2. The van der Waals surface area contributed by atoms with Crippen molar-refractivity contribution in [2.75, 3.05) is 7.11 Å². The van der Waals surface area contributed by atoms with Gasteiger partial charge < -0.3 is 15.4 Å². The standard InChI is InChI=1S/C17H22N4O2S/c1-10-9-24-16(19-10)15(12-4-5-12)21-17(22)20-11(2)13-6-7-18-8-14(13)23-3/h6-9,11-12,15H,4-5H2,1-3H3,(H2,20,21,22)/t11-,15-/m0/s1. The van der Waals surface area contributed by atoms with Gasteiger partial charge in [-0.05, 0) is 38.7 Å². The number of hydrogen-bond acceptors (Lipinski definition) is 5. The SMILES string of the molecule is COc1cnccc1[C@H](C)NC(=O)N[C@H](c1nc(C)cs1)C1CC1. The fourth-order valence-electron chi connectivity index (χ4n) is 2.70. The minimum absolute atomic E-state index is 0.00441. The first-order chi connectivity index (χ1) is 11.6. The van der Waals surface area contributed by atoms with Crippen LogP contribution >= 0.6 is 11.3 Å². The molecule has 0 spiro atoms. The molecule has 2 atom stereocenters. The number of pyridine rings is 1. The van der Waals surface area contributed by atoms with Gasteiger partial charge in [-0.1, -0.05) is 0 Å². The van der Waals surface area contributed by atoms with Crippen LogP contribution in [0.2, 0.25) is 0 Å². The predicted molar refractivity (Wildman–Crippen MR) is 93.2 cm³/mol. The number of methoxy groups -OCH3 is 1. The number of hydrogen-bond donors (Lipinski definition) is 2. The van der Waals surface area contributed by atoms with Crippen LogP contribution in [0.1, 0.15) is 48.1 Å². The minimum Gasteiger partial charge on any atom is -0.495 e. The van der Waals surface area contributed by atoms with Crippen molar-refractivity contribution in [1.29, 1.82) is 0 Å². The topological polar surface area (TPSA) is 76.1 Å². The van der Waals surface area contributed by atoms with Crippen molar-refractivity contribution in [3.05, 3.63) is 40.1 Å². The molecule has 1 saturated carbocycles. The highest BCUT2D eigenvalue weighted by Gasteiger charge is 2.35. The molecule has 0 unspecified atom stereocenters. The number of carbonyl (C=O) groups excluding carboxylic acids is 1. The van der Waals surface area contributed by atoms with Crippen molar-refractivity contribution >= 4 is 17.4 Å². The third-order valence-electron chi connectivity index (χ3n) is 4.13. The molecule has 2 heterocycles. The Morgan fingerprint density at radius 2 is 2.21 bits per heavy atom. The van der Waals surface area contributed by atoms with Crippen LogP contribution in [-0.4, -0.2) is 23.1 Å². The molecule has 3 rings (SSSR count). The van der Waals surface area contributed by atoms with E-state index in [1.807, 2.05) is 25.3 Å². The van der Waals surface area contributed by atoms with Gasteiger partial charge in [0.1, 0.15) is 10.8 Å². The first kappa shape index (κ1) is 16.7. The predicted octanol–water partition coefficient (Wildman–Crippen LogP) is 3.37. The third-order valence-corrected chi connectivity index (χ3v) is 5.18. The van der Waals surface area contributed by atoms with Crippen molar-refractivity contribution in [2.24, 2.45) is 5.92 Å². The maximum atomic E-state index is 12.4. The number of aromatic nitrogens is 2. The van der Waals surface area contributed by atoms with E-state index >= 15 is 0 Å². The number of rotatable bonds is 6. The van der Waals surface area contributed by atoms with Gasteiger partial charge in [0.05, 0.1) is 25.4 Å². The molecule has 128 valence electrons. The molecule has 7 heteroatoms. The maximum Gasteiger partial charge on any atom is 0.315 e. The van der Waals surface area contributed by atoms with Crippen molar-refractivity contribution < 1.29 is 9.53 Å². The molecule has 6 nitrogen and oxygen atoms in total. The highest BCUT2D eigenvalue weighted by molar-refractivity contribution is 7.09. The number of urea groups is 1. The average Bonchev–Trinajstić information content (AvgIpc) is 3.33. The Labute approximate surface area is 145 Å². The number of nitrogens with one attached hydrogen (secondary N) is 2. The van der Waals surface area contributed by atoms with Gasteiger partial charge in [0, 0.05) is 22.8 Å². The van der Waals surface area contributed by atoms with Crippen molar-refractivity contribution in [2.45, 2.75) is 38.8 Å². The molecular weight excluding hydrogens is 324 g/mol. The summed E-state index contributed by atoms with van der Waals surface area (Å²) in [6.07, 6.45) is 5.62. The Morgan fingerprint density at radius 3 is 2.83 bits per heavy atom. The van der Waals surface area contributed by atoms with E-state index in [0.29, 0.717) is 11.7 Å². The van der Waals surface area contributed by atoms with Crippen molar-refractivity contribution in [1.82, 2.24) is 20.6 Å². The smallest absolute Gasteiger partial charge is 0.315 e. The van der Waals surface area contributed by atoms with Crippen LogP contribution in [0.5, 0.6) is 5.75 Å². The number of amides is 2. The second-order valence-corrected chi connectivity index (χ2v) is 6.99. The van der Waals surface area contributed by atoms with Crippen LogP contribution in [-0.2, 0) is 0 Å². The molecule has 0 aromatic carbocycles. The Kier molecular flexibility index (Phi) is 4.99. The van der Waals surface area contributed by atoms with Gasteiger partial charge in [0.25, 0.3) is 0 Å². The van der Waals surface area contributed by atoms with E-state index in [1.165, 1.54) is 0 Å². The lowest BCUT2D eigenvalue weighted by Crippen LogP contribution is -2.40. The zero-order valence-electron chi connectivity index (χ0n) is 14.1. The number of ether oxygens (including phenoxy) is 1. The number of carbonyl (C=O) groups is 1. The Balaban J connectivity index is 1.65. The van der Waals surface area contributed by atoms with E-state index in [-0.39, 0.29) is 18.1 Å². The normalized spacial score (nSPS) is 16.3. The summed E-state index contributed by atoms with van der Waals surface area (Å²) in [5, 5.41) is 9.08. The number of aryl methyl sites for hydroxylation is 1. The van der Waals surface area contributed by atoms with Crippen LogP contribution in [0, 0.1) is 12.8 Å². The highest BCUT2D eigenvalue weighted by Crippen LogP contribution is 2.41. The zero-order chi connectivity index (χ0) is 17.1. The van der Waals surface area contributed by atoms with Crippen LogP contribution in [0.15, 0.2) is 23.8 Å². The van der Waals surface area contributed by atoms with Gasteiger partial charge in [0.15, 0.2) is 0 Å². The first-order valence-electron chi connectivity index (χ1n) is 8.05. The quantitative estimate of drug-likeness (QED) is 0.841. The summed E-state index contributed by atoms with van der Waals surface area (Å²) in [6.45, 7) is 3.90. The fraction of sp³-hybridized carbons (Fsp3) is 0.471. The maximum absolute atomic E-state index is 12.4. The van der Waals surface area contributed by atoms with Gasteiger partial charge in [-0.2, -0.15) is 0 Å². The summed E-state index contributed by atoms with van der Waals surface area (Å²) >= 11 is 1.61. The van der Waals surface area contributed by atoms with Gasteiger partial charge in [-0.3, -0.25) is 4.98 Å². The van der Waals surface area contributed by atoms with Crippen molar-refractivity contribution in [3.8, 4) is 5.75 Å². The van der Waals surface area contributed by atoms with Gasteiger partial charge in [-0.15, -0.1) is 11.3 Å². The molecule has 2 aromatic heterocycles. The molecule has 1 aliphatic rings. The zero-order valence-corrected chi connectivity index (χ0v) is 14.9. The lowest BCUT2D eigenvalue weighted by atomic mass is 10.1. The lowest BCUT2D eigenvalue weighted by Gasteiger charge is -2.20. The first-order valence-corrected chi connectivity index (χ1v) is 8.93. The monoisotopic (exact) mass is 346 g/mol. The van der Waals surface area contributed by atoms with E-state index in [9.17, 15) is 4.79 Å². The number of thiazole rings is 1. The second kappa shape index (κ2) is 7.17. The molecule has 0 bridgehead atoms. The molecule has 2 N–H and O–H groups in total. The molecule has 0 aliphatic heterocycles. The average molecular weight is 346 g/mol. The Morgan fingerprint density at radius 1 is 1.42 bits per heavy atom. The lowest BCUT2D eigenvalue weighted by molar-refractivity contribution is 0.232. The van der Waals surface area contributed by atoms with E-state index in [1.54, 1.807) is 30.8 Å². The second-order valence-electron chi connectivity index (χ2n) is 6.10. The van der Waals surface area contributed by atoms with Crippen LogP contribution in [0.25, 0.3) is 0 Å². The molecule has 2 amide bonds. The summed E-state index contributed by atoms with van der Waals surface area (Å²) < 4.78 is 5.31. The van der Waals surface area contributed by atoms with Gasteiger partial charge in [-0.25, -0.2) is 9.78 Å². The summed E-state index contributed by atoms with van der Waals surface area (Å²) in [5.41, 5.74) is 1.90. The molecule has 2 aromatic rings. The summed E-state index contributed by atoms with van der Waals surface area (Å²) in [6, 6.07) is 1.48. The van der Waals surface area contributed by atoms with E-state index in [2.05, 4.69) is 20.6 Å². The highest BCUT2D eigenvalue weighted by atomic mass is 32.1. The van der Waals surface area contributed by atoms with Crippen molar-refractivity contribution in [3.63, 3.8) is 0 Å². The Bertz CT molecular complexity index is 714. The van der Waals surface area contributed by atoms with E-state index in [4.69, 9.17) is 4.74 Å².